The van der Waals surface area contributed by atoms with Gasteiger partial charge >= 0.3 is 0 Å². The van der Waals surface area contributed by atoms with E-state index in [4.69, 9.17) is 4.74 Å². The fraction of sp³-hybridized carbons (Fsp3) is 0.500. The largest absolute Gasteiger partial charge is 0.496 e. The first-order valence-electron chi connectivity index (χ1n) is 6.41. The minimum atomic E-state index is -0.539. The topological polar surface area (TPSA) is 41.6 Å². The maximum absolute atomic E-state index is 13.9. The molecule has 0 aliphatic carbocycles. The van der Waals surface area contributed by atoms with E-state index in [-0.39, 0.29) is 29.3 Å². The molecule has 1 aliphatic rings. The Bertz CT molecular complexity index is 479. The molecule has 1 heterocycles. The molecule has 1 fully saturated rings. The lowest BCUT2D eigenvalue weighted by molar-refractivity contribution is 0.0608. The summed E-state index contributed by atoms with van der Waals surface area (Å²) in [4.78, 5) is 14.2. The highest BCUT2D eigenvalue weighted by atomic mass is 19.1. The highest BCUT2D eigenvalue weighted by Gasteiger charge is 2.30. The fourth-order valence-electron chi connectivity index (χ4n) is 2.33. The summed E-state index contributed by atoms with van der Waals surface area (Å²) < 4.78 is 19.0. The number of hydrogen-bond acceptors (Lipinski definition) is 3. The van der Waals surface area contributed by atoms with Crippen molar-refractivity contribution in [2.24, 2.45) is 0 Å². The molecule has 2 unspecified atom stereocenters. The number of rotatable bonds is 2. The van der Waals surface area contributed by atoms with Gasteiger partial charge in [-0.05, 0) is 26.0 Å². The molecule has 4 nitrogen and oxygen atoms in total. The van der Waals surface area contributed by atoms with E-state index in [0.717, 1.165) is 0 Å². The van der Waals surface area contributed by atoms with Crippen LogP contribution in [0.5, 0.6) is 5.75 Å². The summed E-state index contributed by atoms with van der Waals surface area (Å²) in [5, 5.41) is 3.29. The number of nitrogens with one attached hydrogen (secondary N) is 1. The predicted molar refractivity (Wildman–Crippen MR) is 70.9 cm³/mol. The van der Waals surface area contributed by atoms with Crippen molar-refractivity contribution >= 4 is 5.91 Å². The van der Waals surface area contributed by atoms with Crippen molar-refractivity contribution in [3.8, 4) is 5.75 Å². The van der Waals surface area contributed by atoms with E-state index in [1.54, 1.807) is 11.0 Å². The Labute approximate surface area is 112 Å². The van der Waals surface area contributed by atoms with Crippen molar-refractivity contribution < 1.29 is 13.9 Å². The molecule has 0 bridgehead atoms. The second-order valence-corrected chi connectivity index (χ2v) is 4.93. The lowest BCUT2D eigenvalue weighted by atomic mass is 10.1. The van der Waals surface area contributed by atoms with Gasteiger partial charge in [-0.15, -0.1) is 0 Å². The van der Waals surface area contributed by atoms with Crippen molar-refractivity contribution in [1.29, 1.82) is 0 Å². The Balaban J connectivity index is 2.33. The van der Waals surface area contributed by atoms with E-state index in [1.165, 1.54) is 19.2 Å². The summed E-state index contributed by atoms with van der Waals surface area (Å²) in [6.45, 7) is 5.23. The van der Waals surface area contributed by atoms with Crippen molar-refractivity contribution in [2.75, 3.05) is 20.2 Å². The molecule has 104 valence electrons. The van der Waals surface area contributed by atoms with Crippen LogP contribution in [0.2, 0.25) is 0 Å². The summed E-state index contributed by atoms with van der Waals surface area (Å²) >= 11 is 0. The van der Waals surface area contributed by atoms with E-state index >= 15 is 0 Å². The zero-order chi connectivity index (χ0) is 14.0. The van der Waals surface area contributed by atoms with Crippen LogP contribution in [-0.2, 0) is 0 Å². The molecule has 0 radical (unpaired) electrons. The third kappa shape index (κ3) is 2.71. The molecule has 5 heteroatoms. The molecule has 1 saturated heterocycles. The van der Waals surface area contributed by atoms with E-state index in [1.807, 2.05) is 13.8 Å². The van der Waals surface area contributed by atoms with E-state index in [2.05, 4.69) is 5.32 Å². The van der Waals surface area contributed by atoms with E-state index in [9.17, 15) is 9.18 Å². The molecular formula is C14H19FN2O2. The molecule has 1 aromatic rings. The van der Waals surface area contributed by atoms with Gasteiger partial charge in [-0.25, -0.2) is 4.39 Å². The molecule has 1 aromatic carbocycles. The molecule has 2 atom stereocenters. The monoisotopic (exact) mass is 266 g/mol. The first kappa shape index (κ1) is 13.8. The lowest BCUT2D eigenvalue weighted by Gasteiger charge is -2.37. The second-order valence-electron chi connectivity index (χ2n) is 4.93. The van der Waals surface area contributed by atoms with Crippen LogP contribution in [0, 0.1) is 5.82 Å². The molecule has 0 saturated carbocycles. The van der Waals surface area contributed by atoms with Gasteiger partial charge in [-0.3, -0.25) is 4.79 Å². The summed E-state index contributed by atoms with van der Waals surface area (Å²) in [7, 11) is 1.44. The first-order valence-corrected chi connectivity index (χ1v) is 6.41. The second kappa shape index (κ2) is 5.57. The number of halogens is 1. The minimum Gasteiger partial charge on any atom is -0.496 e. The molecule has 1 aliphatic heterocycles. The van der Waals surface area contributed by atoms with Crippen molar-refractivity contribution in [3.05, 3.63) is 29.6 Å². The maximum atomic E-state index is 13.9. The number of piperazine rings is 1. The van der Waals surface area contributed by atoms with Gasteiger partial charge in [-0.2, -0.15) is 0 Å². The van der Waals surface area contributed by atoms with Crippen molar-refractivity contribution in [3.63, 3.8) is 0 Å². The normalized spacial score (nSPS) is 23.3. The number of benzene rings is 1. The van der Waals surface area contributed by atoms with Gasteiger partial charge in [0.05, 0.1) is 7.11 Å². The van der Waals surface area contributed by atoms with Crippen molar-refractivity contribution in [1.82, 2.24) is 10.2 Å². The molecular weight excluding hydrogens is 247 g/mol. The quantitative estimate of drug-likeness (QED) is 0.885. The molecule has 19 heavy (non-hydrogen) atoms. The highest BCUT2D eigenvalue weighted by Crippen LogP contribution is 2.24. The van der Waals surface area contributed by atoms with Crippen LogP contribution < -0.4 is 10.1 Å². The average molecular weight is 266 g/mol. The van der Waals surface area contributed by atoms with E-state index < -0.39 is 5.82 Å². The number of ether oxygens (including phenoxy) is 1. The van der Waals surface area contributed by atoms with Crippen LogP contribution in [0.1, 0.15) is 24.2 Å². The van der Waals surface area contributed by atoms with Gasteiger partial charge in [0.25, 0.3) is 5.91 Å². The number of carbonyl (C=O) groups is 1. The predicted octanol–water partition coefficient (Wildman–Crippen LogP) is 1.66. The number of hydrogen-bond donors (Lipinski definition) is 1. The molecule has 2 rings (SSSR count). The van der Waals surface area contributed by atoms with E-state index in [0.29, 0.717) is 13.1 Å². The number of methoxy groups -OCH3 is 1. The van der Waals surface area contributed by atoms with Crippen LogP contribution in [0.25, 0.3) is 0 Å². The van der Waals surface area contributed by atoms with Crippen molar-refractivity contribution in [2.45, 2.75) is 25.9 Å². The van der Waals surface area contributed by atoms with Gasteiger partial charge in [0.1, 0.15) is 17.1 Å². The summed E-state index contributed by atoms with van der Waals surface area (Å²) in [6, 6.07) is 4.67. The lowest BCUT2D eigenvalue weighted by Crippen LogP contribution is -2.56. The van der Waals surface area contributed by atoms with Crippen LogP contribution >= 0.6 is 0 Å². The Morgan fingerprint density at radius 3 is 2.89 bits per heavy atom. The molecule has 0 aromatic heterocycles. The maximum Gasteiger partial charge on any atom is 0.260 e. The first-order chi connectivity index (χ1) is 9.04. The zero-order valence-corrected chi connectivity index (χ0v) is 11.4. The van der Waals surface area contributed by atoms with Gasteiger partial charge in [0, 0.05) is 25.2 Å². The highest BCUT2D eigenvalue weighted by molar-refractivity contribution is 5.97. The van der Waals surface area contributed by atoms with Crippen LogP contribution in [0.15, 0.2) is 18.2 Å². The van der Waals surface area contributed by atoms with Crippen LogP contribution in [0.3, 0.4) is 0 Å². The Kier molecular flexibility index (Phi) is 4.04. The number of amides is 1. The Morgan fingerprint density at radius 1 is 1.47 bits per heavy atom. The third-order valence-electron chi connectivity index (χ3n) is 3.43. The van der Waals surface area contributed by atoms with Gasteiger partial charge in [-0.1, -0.05) is 6.07 Å². The molecule has 0 spiro atoms. The fourth-order valence-corrected chi connectivity index (χ4v) is 2.33. The third-order valence-corrected chi connectivity index (χ3v) is 3.43. The minimum absolute atomic E-state index is 0.0194. The smallest absolute Gasteiger partial charge is 0.260 e. The standard InChI is InChI=1S/C14H19FN2O2/c1-9-8-17(10(2)7-16-9)14(18)13-11(15)5-4-6-12(13)19-3/h4-6,9-10,16H,7-8H2,1-3H3. The average Bonchev–Trinajstić information content (AvgIpc) is 2.40. The zero-order valence-electron chi connectivity index (χ0n) is 11.4. The van der Waals surface area contributed by atoms with Crippen LogP contribution in [-0.4, -0.2) is 43.1 Å². The Hall–Kier alpha value is -1.62. The Morgan fingerprint density at radius 2 is 2.21 bits per heavy atom. The summed E-state index contributed by atoms with van der Waals surface area (Å²) in [5.74, 6) is -0.568. The molecule has 1 N–H and O–H groups in total. The van der Waals surface area contributed by atoms with Gasteiger partial charge < -0.3 is 15.0 Å². The summed E-state index contributed by atoms with van der Waals surface area (Å²) in [6.07, 6.45) is 0. The van der Waals surface area contributed by atoms with Gasteiger partial charge in [0.15, 0.2) is 0 Å². The SMILES string of the molecule is COc1cccc(F)c1C(=O)N1CC(C)NCC1C. The molecule has 1 amide bonds. The number of nitrogens with zero attached hydrogens (tertiary/aromatic N) is 1. The van der Waals surface area contributed by atoms with Crippen LogP contribution in [0.4, 0.5) is 4.39 Å². The van der Waals surface area contributed by atoms with Gasteiger partial charge in [0.2, 0.25) is 0 Å². The summed E-state index contributed by atoms with van der Waals surface area (Å²) in [5.41, 5.74) is 0.0194. The number of carbonyl (C=O) groups excluding carboxylic acids is 1.